The maximum absolute atomic E-state index is 5.51. The highest BCUT2D eigenvalue weighted by atomic mass is 79.9. The minimum atomic E-state index is 0.450. The third kappa shape index (κ3) is 3.67. The van der Waals surface area contributed by atoms with E-state index in [1.165, 1.54) is 31.5 Å². The van der Waals surface area contributed by atoms with Crippen LogP contribution >= 0.6 is 15.9 Å². The minimum Gasteiger partial charge on any atom is -0.495 e. The maximum atomic E-state index is 5.51. The zero-order valence-corrected chi connectivity index (χ0v) is 14.5. The van der Waals surface area contributed by atoms with Crippen molar-refractivity contribution in [2.45, 2.75) is 32.7 Å². The number of nitrogens with zero attached hydrogens (tertiary/aromatic N) is 1. The molecule has 0 bridgehead atoms. The van der Waals surface area contributed by atoms with Crippen LogP contribution in [-0.4, -0.2) is 38.2 Å². The Balaban J connectivity index is 2.12. The number of piperidine rings is 1. The van der Waals surface area contributed by atoms with E-state index in [0.717, 1.165) is 15.9 Å². The van der Waals surface area contributed by atoms with E-state index in [9.17, 15) is 0 Å². The number of rotatable bonds is 4. The summed E-state index contributed by atoms with van der Waals surface area (Å²) >= 11 is 3.52. The highest BCUT2D eigenvalue weighted by Gasteiger charge is 2.23. The topological polar surface area (TPSA) is 24.5 Å². The smallest absolute Gasteiger partial charge is 0.143 e. The van der Waals surface area contributed by atoms with Gasteiger partial charge >= 0.3 is 0 Å². The Morgan fingerprint density at radius 3 is 2.85 bits per heavy atom. The van der Waals surface area contributed by atoms with Crippen LogP contribution in [0.15, 0.2) is 16.6 Å². The highest BCUT2D eigenvalue weighted by molar-refractivity contribution is 9.10. The molecule has 1 aliphatic rings. The van der Waals surface area contributed by atoms with Crippen LogP contribution in [-0.2, 0) is 0 Å². The highest BCUT2D eigenvalue weighted by Crippen LogP contribution is 2.34. The van der Waals surface area contributed by atoms with E-state index in [2.05, 4.69) is 53.1 Å². The predicted molar refractivity (Wildman–Crippen MR) is 88.7 cm³/mol. The van der Waals surface area contributed by atoms with Crippen molar-refractivity contribution in [2.75, 3.05) is 32.6 Å². The average Bonchev–Trinajstić information content (AvgIpc) is 2.41. The number of ether oxygens (including phenoxy) is 1. The van der Waals surface area contributed by atoms with Gasteiger partial charge in [-0.15, -0.1) is 0 Å². The number of aryl methyl sites for hydroxylation is 1. The molecular formula is C16H25BrN2O. The molecule has 112 valence electrons. The SMILES string of the molecule is COc1cc(Br)cc(C)c1NC(C)C1CCCN(C)C1. The molecule has 3 nitrogen and oxygen atoms in total. The quantitative estimate of drug-likeness (QED) is 0.899. The van der Waals surface area contributed by atoms with Gasteiger partial charge in [-0.05, 0) is 63.9 Å². The number of nitrogens with one attached hydrogen (secondary N) is 1. The zero-order valence-electron chi connectivity index (χ0n) is 12.9. The van der Waals surface area contributed by atoms with Gasteiger partial charge in [-0.3, -0.25) is 0 Å². The Kier molecular flexibility index (Phi) is 5.33. The third-order valence-corrected chi connectivity index (χ3v) is 4.68. The number of anilines is 1. The first-order valence-electron chi connectivity index (χ1n) is 7.30. The van der Waals surface area contributed by atoms with Crippen LogP contribution in [0.2, 0.25) is 0 Å². The predicted octanol–water partition coefficient (Wildman–Crippen LogP) is 3.91. The molecule has 1 N–H and O–H groups in total. The van der Waals surface area contributed by atoms with Gasteiger partial charge in [-0.25, -0.2) is 0 Å². The molecular weight excluding hydrogens is 316 g/mol. The zero-order chi connectivity index (χ0) is 14.7. The molecule has 1 heterocycles. The summed E-state index contributed by atoms with van der Waals surface area (Å²) in [5.74, 6) is 1.61. The molecule has 1 aromatic carbocycles. The standard InChI is InChI=1S/C16H25BrN2O/c1-11-8-14(17)9-15(20-4)16(11)18-12(2)13-6-5-7-19(3)10-13/h8-9,12-13,18H,5-7,10H2,1-4H3. The summed E-state index contributed by atoms with van der Waals surface area (Å²) in [6, 6.07) is 4.60. The second-order valence-electron chi connectivity index (χ2n) is 5.90. The number of hydrogen-bond donors (Lipinski definition) is 1. The molecule has 20 heavy (non-hydrogen) atoms. The Bertz CT molecular complexity index is 464. The first-order chi connectivity index (χ1) is 9.51. The van der Waals surface area contributed by atoms with Gasteiger partial charge in [0.2, 0.25) is 0 Å². The molecule has 2 atom stereocenters. The van der Waals surface area contributed by atoms with Crippen LogP contribution in [0, 0.1) is 12.8 Å². The van der Waals surface area contributed by atoms with Crippen molar-refractivity contribution in [3.8, 4) is 5.75 Å². The van der Waals surface area contributed by atoms with E-state index >= 15 is 0 Å². The lowest BCUT2D eigenvalue weighted by Crippen LogP contribution is -2.40. The molecule has 1 aliphatic heterocycles. The van der Waals surface area contributed by atoms with E-state index < -0.39 is 0 Å². The van der Waals surface area contributed by atoms with Crippen LogP contribution in [0.5, 0.6) is 5.75 Å². The number of methoxy groups -OCH3 is 1. The second kappa shape index (κ2) is 6.81. The van der Waals surface area contributed by atoms with Gasteiger partial charge in [0, 0.05) is 17.1 Å². The molecule has 1 saturated heterocycles. The lowest BCUT2D eigenvalue weighted by atomic mass is 9.91. The van der Waals surface area contributed by atoms with Crippen molar-refractivity contribution in [1.29, 1.82) is 0 Å². The number of halogens is 1. The Morgan fingerprint density at radius 2 is 2.20 bits per heavy atom. The fourth-order valence-corrected chi connectivity index (χ4v) is 3.57. The van der Waals surface area contributed by atoms with Crippen molar-refractivity contribution in [3.05, 3.63) is 22.2 Å². The summed E-state index contributed by atoms with van der Waals surface area (Å²) < 4.78 is 6.57. The normalized spacial score (nSPS) is 21.6. The van der Waals surface area contributed by atoms with Crippen LogP contribution in [0.4, 0.5) is 5.69 Å². The Morgan fingerprint density at radius 1 is 1.45 bits per heavy atom. The Hall–Kier alpha value is -0.740. The molecule has 0 saturated carbocycles. The number of hydrogen-bond acceptors (Lipinski definition) is 3. The van der Waals surface area contributed by atoms with E-state index in [0.29, 0.717) is 12.0 Å². The summed E-state index contributed by atoms with van der Waals surface area (Å²) in [6.07, 6.45) is 2.60. The van der Waals surface area contributed by atoms with Gasteiger partial charge in [-0.2, -0.15) is 0 Å². The van der Waals surface area contributed by atoms with Crippen molar-refractivity contribution >= 4 is 21.6 Å². The molecule has 0 radical (unpaired) electrons. The van der Waals surface area contributed by atoms with Gasteiger partial charge in [0.1, 0.15) is 5.75 Å². The molecule has 0 aromatic heterocycles. The fourth-order valence-electron chi connectivity index (χ4n) is 3.02. The second-order valence-corrected chi connectivity index (χ2v) is 6.81. The molecule has 2 unspecified atom stereocenters. The van der Waals surface area contributed by atoms with Crippen molar-refractivity contribution in [1.82, 2.24) is 4.90 Å². The molecule has 0 aliphatic carbocycles. The first-order valence-corrected chi connectivity index (χ1v) is 8.09. The summed E-state index contributed by atoms with van der Waals surface area (Å²) in [7, 11) is 3.94. The monoisotopic (exact) mass is 340 g/mol. The number of likely N-dealkylation sites (tertiary alicyclic amines) is 1. The maximum Gasteiger partial charge on any atom is 0.143 e. The fraction of sp³-hybridized carbons (Fsp3) is 0.625. The lowest BCUT2D eigenvalue weighted by Gasteiger charge is -2.34. The van der Waals surface area contributed by atoms with E-state index in [1.807, 2.05) is 6.07 Å². The van der Waals surface area contributed by atoms with Crippen molar-refractivity contribution in [2.24, 2.45) is 5.92 Å². The minimum absolute atomic E-state index is 0.450. The first kappa shape index (κ1) is 15.6. The van der Waals surface area contributed by atoms with Crippen LogP contribution in [0.25, 0.3) is 0 Å². The lowest BCUT2D eigenvalue weighted by molar-refractivity contribution is 0.197. The van der Waals surface area contributed by atoms with Gasteiger partial charge in [0.25, 0.3) is 0 Å². The Labute approximate surface area is 130 Å². The van der Waals surface area contributed by atoms with Crippen LogP contribution in [0.1, 0.15) is 25.3 Å². The number of benzene rings is 1. The van der Waals surface area contributed by atoms with Gasteiger partial charge in [0.15, 0.2) is 0 Å². The molecule has 1 fully saturated rings. The van der Waals surface area contributed by atoms with Crippen LogP contribution in [0.3, 0.4) is 0 Å². The third-order valence-electron chi connectivity index (χ3n) is 4.22. The molecule has 0 amide bonds. The van der Waals surface area contributed by atoms with E-state index in [1.54, 1.807) is 7.11 Å². The molecule has 0 spiro atoms. The van der Waals surface area contributed by atoms with Gasteiger partial charge < -0.3 is 15.0 Å². The van der Waals surface area contributed by atoms with Crippen molar-refractivity contribution < 1.29 is 4.74 Å². The van der Waals surface area contributed by atoms with Gasteiger partial charge in [-0.1, -0.05) is 15.9 Å². The molecule has 4 heteroatoms. The largest absolute Gasteiger partial charge is 0.495 e. The van der Waals surface area contributed by atoms with Gasteiger partial charge in [0.05, 0.1) is 12.8 Å². The van der Waals surface area contributed by atoms with E-state index in [4.69, 9.17) is 4.74 Å². The van der Waals surface area contributed by atoms with Crippen LogP contribution < -0.4 is 10.1 Å². The summed E-state index contributed by atoms with van der Waals surface area (Å²) in [4.78, 5) is 2.43. The summed E-state index contributed by atoms with van der Waals surface area (Å²) in [5.41, 5.74) is 2.34. The average molecular weight is 341 g/mol. The summed E-state index contributed by atoms with van der Waals surface area (Å²) in [5, 5.41) is 3.67. The van der Waals surface area contributed by atoms with E-state index in [-0.39, 0.29) is 0 Å². The molecule has 2 rings (SSSR count). The molecule has 1 aromatic rings. The van der Waals surface area contributed by atoms with Crippen molar-refractivity contribution in [3.63, 3.8) is 0 Å². The summed E-state index contributed by atoms with van der Waals surface area (Å²) in [6.45, 7) is 6.80.